The molecule has 348 valence electrons. The van der Waals surface area contributed by atoms with E-state index in [1.807, 2.05) is 0 Å². The first-order valence-corrected chi connectivity index (χ1v) is 26.9. The summed E-state index contributed by atoms with van der Waals surface area (Å²) in [6, 6.07) is 70.7. The van der Waals surface area contributed by atoms with Gasteiger partial charge in [-0.1, -0.05) is 161 Å². The van der Waals surface area contributed by atoms with Crippen LogP contribution in [0.4, 0.5) is 34.1 Å². The molecule has 0 aliphatic heterocycles. The summed E-state index contributed by atoms with van der Waals surface area (Å²) >= 11 is 0. The predicted molar refractivity (Wildman–Crippen MR) is 294 cm³/mol. The first-order valence-electron chi connectivity index (χ1n) is 26.9. The maximum atomic E-state index is 2.63. The van der Waals surface area contributed by atoms with Crippen LogP contribution in [0.5, 0.6) is 0 Å². The van der Waals surface area contributed by atoms with Gasteiger partial charge in [-0.25, -0.2) is 0 Å². The highest BCUT2D eigenvalue weighted by molar-refractivity contribution is 5.96. The van der Waals surface area contributed by atoms with Crippen LogP contribution in [0.15, 0.2) is 182 Å². The van der Waals surface area contributed by atoms with Crippen molar-refractivity contribution in [2.24, 2.45) is 11.8 Å². The third-order valence-electron chi connectivity index (χ3n) is 17.7. The summed E-state index contributed by atoms with van der Waals surface area (Å²) in [6.45, 7) is 4.85. The van der Waals surface area contributed by atoms with Crippen molar-refractivity contribution in [1.82, 2.24) is 0 Å². The molecular formula is C68H66N2. The number of benzene rings is 8. The zero-order chi connectivity index (χ0) is 46.8. The number of anilines is 6. The number of aryl methyl sites for hydroxylation is 4. The van der Waals surface area contributed by atoms with Gasteiger partial charge in [0.15, 0.2) is 0 Å². The lowest BCUT2D eigenvalue weighted by Gasteiger charge is -2.32. The minimum absolute atomic E-state index is 0.154. The molecule has 8 aromatic carbocycles. The van der Waals surface area contributed by atoms with Crippen LogP contribution in [0.1, 0.15) is 128 Å². The minimum atomic E-state index is -0.154. The number of hydrogen-bond donors (Lipinski definition) is 0. The van der Waals surface area contributed by atoms with Gasteiger partial charge in [-0.15, -0.1) is 0 Å². The van der Waals surface area contributed by atoms with Gasteiger partial charge < -0.3 is 9.80 Å². The monoisotopic (exact) mass is 911 g/mol. The topological polar surface area (TPSA) is 6.48 Å². The summed E-state index contributed by atoms with van der Waals surface area (Å²) in [5, 5.41) is 0. The fourth-order valence-corrected chi connectivity index (χ4v) is 14.0. The largest absolute Gasteiger partial charge is 0.310 e. The van der Waals surface area contributed by atoms with Crippen molar-refractivity contribution in [2.45, 2.75) is 115 Å². The Kier molecular flexibility index (Phi) is 11.1. The molecule has 0 spiro atoms. The van der Waals surface area contributed by atoms with Crippen LogP contribution in [-0.2, 0) is 31.1 Å². The molecule has 8 aliphatic carbocycles. The van der Waals surface area contributed by atoms with Crippen molar-refractivity contribution in [1.29, 1.82) is 0 Å². The fourth-order valence-electron chi connectivity index (χ4n) is 14.0. The van der Waals surface area contributed by atoms with E-state index >= 15 is 0 Å². The van der Waals surface area contributed by atoms with Gasteiger partial charge in [-0.3, -0.25) is 0 Å². The summed E-state index contributed by atoms with van der Waals surface area (Å²) in [4.78, 5) is 5.17. The third kappa shape index (κ3) is 7.79. The second kappa shape index (κ2) is 18.0. The highest BCUT2D eigenvalue weighted by Gasteiger charge is 2.41. The highest BCUT2D eigenvalue weighted by atomic mass is 15.2. The Bertz CT molecular complexity index is 3180. The second-order valence-corrected chi connectivity index (χ2v) is 22.2. The van der Waals surface area contributed by atoms with Crippen molar-refractivity contribution in [2.75, 3.05) is 9.80 Å². The van der Waals surface area contributed by atoms with Crippen LogP contribution in [0, 0.1) is 11.8 Å². The van der Waals surface area contributed by atoms with E-state index in [9.17, 15) is 0 Å². The molecule has 0 N–H and O–H groups in total. The molecule has 16 rings (SSSR count). The summed E-state index contributed by atoms with van der Waals surface area (Å²) < 4.78 is 0. The lowest BCUT2D eigenvalue weighted by Crippen LogP contribution is -2.18. The van der Waals surface area contributed by atoms with Gasteiger partial charge in [-0.2, -0.15) is 0 Å². The number of nitrogens with zero attached hydrogens (tertiary/aromatic N) is 2. The quantitative estimate of drug-likeness (QED) is 0.142. The first-order chi connectivity index (χ1) is 34.4. The highest BCUT2D eigenvalue weighted by Crippen LogP contribution is 2.56. The lowest BCUT2D eigenvalue weighted by molar-refractivity contribution is 0.420. The SMILES string of the molecule is CC1(C)c2ccccc2-c2c(-c3ccccc3)cc(N(c3ccc(C4CCCCC4)cc3)c3cc4ccc3CCc3ccc(c(N(c5ccccc5)c5ccc(C6CC7CCC6C7)cc5)c3)CC4)cc21. The average molecular weight is 911 g/mol. The van der Waals surface area contributed by atoms with Gasteiger partial charge in [0.1, 0.15) is 0 Å². The minimum Gasteiger partial charge on any atom is -0.310 e. The molecular weight excluding hydrogens is 845 g/mol. The van der Waals surface area contributed by atoms with Gasteiger partial charge in [0, 0.05) is 39.5 Å². The Balaban J connectivity index is 0.915. The van der Waals surface area contributed by atoms with Crippen molar-refractivity contribution in [3.63, 3.8) is 0 Å². The molecule has 6 bridgehead atoms. The van der Waals surface area contributed by atoms with E-state index in [0.29, 0.717) is 5.92 Å². The van der Waals surface area contributed by atoms with Gasteiger partial charge in [-0.05, 0) is 209 Å². The standard InChI is InChI=1S/C68H66N2/c1-68(2)63-21-13-12-20-60(63)67-62(51-16-8-4-9-17-51)44-59(45-64(67)68)70(58-36-32-50(33-37-58)49-14-6-3-7-15-49)66-43-47-23-28-53-27-22-46(24-29-54(66)30-25-47)42-65(53)69(56-18-10-5-11-19-56)57-38-34-52(35-39-57)61-41-48-26-31-55(61)40-48/h4-5,8-13,16-22,25,27,30,32-39,42-45,48-49,55,61H,3,6-7,14-15,23-24,26,28-29,31,40-41H2,1-2H3. The number of hydrogen-bond acceptors (Lipinski definition) is 2. The van der Waals surface area contributed by atoms with E-state index in [-0.39, 0.29) is 5.41 Å². The zero-order valence-corrected chi connectivity index (χ0v) is 41.2. The van der Waals surface area contributed by atoms with Crippen LogP contribution < -0.4 is 9.80 Å². The van der Waals surface area contributed by atoms with Crippen molar-refractivity contribution in [3.8, 4) is 22.3 Å². The Morgan fingerprint density at radius 3 is 1.64 bits per heavy atom. The van der Waals surface area contributed by atoms with E-state index in [0.717, 1.165) is 43.4 Å². The zero-order valence-electron chi connectivity index (χ0n) is 41.2. The van der Waals surface area contributed by atoms with Crippen molar-refractivity contribution >= 4 is 34.1 Å². The van der Waals surface area contributed by atoms with Crippen molar-refractivity contribution in [3.05, 3.63) is 226 Å². The lowest BCUT2D eigenvalue weighted by atomic mass is 9.81. The van der Waals surface area contributed by atoms with Gasteiger partial charge in [0.25, 0.3) is 0 Å². The van der Waals surface area contributed by atoms with E-state index in [1.165, 1.54) is 159 Å². The summed E-state index contributed by atoms with van der Waals surface area (Å²) in [5.74, 6) is 3.21. The molecule has 0 heterocycles. The maximum Gasteiger partial charge on any atom is 0.0496 e. The van der Waals surface area contributed by atoms with Crippen LogP contribution in [0.25, 0.3) is 22.3 Å². The first kappa shape index (κ1) is 43.4. The second-order valence-electron chi connectivity index (χ2n) is 22.2. The van der Waals surface area contributed by atoms with Crippen LogP contribution in [-0.4, -0.2) is 0 Å². The molecule has 8 aliphatic rings. The molecule has 3 atom stereocenters. The molecule has 3 saturated carbocycles. The predicted octanol–water partition coefficient (Wildman–Crippen LogP) is 18.4. The van der Waals surface area contributed by atoms with Gasteiger partial charge >= 0.3 is 0 Å². The van der Waals surface area contributed by atoms with Crippen LogP contribution >= 0.6 is 0 Å². The van der Waals surface area contributed by atoms with Crippen LogP contribution in [0.2, 0.25) is 0 Å². The van der Waals surface area contributed by atoms with E-state index in [1.54, 1.807) is 0 Å². The number of rotatable bonds is 9. The van der Waals surface area contributed by atoms with Gasteiger partial charge in [0.2, 0.25) is 0 Å². The number of fused-ring (bicyclic) bond motifs is 5. The molecule has 3 fully saturated rings. The van der Waals surface area contributed by atoms with E-state index in [2.05, 4.69) is 206 Å². The molecule has 0 amide bonds. The van der Waals surface area contributed by atoms with Crippen molar-refractivity contribution < 1.29 is 0 Å². The normalized spacial score (nSPS) is 19.9. The third-order valence-corrected chi connectivity index (χ3v) is 17.7. The molecule has 70 heavy (non-hydrogen) atoms. The molecule has 3 unspecified atom stereocenters. The average Bonchev–Trinajstić information content (AvgIpc) is 4.11. The molecule has 0 saturated heterocycles. The maximum absolute atomic E-state index is 2.63. The van der Waals surface area contributed by atoms with Crippen LogP contribution in [0.3, 0.4) is 0 Å². The molecule has 2 heteroatoms. The van der Waals surface area contributed by atoms with E-state index in [4.69, 9.17) is 0 Å². The molecule has 8 aromatic rings. The van der Waals surface area contributed by atoms with Gasteiger partial charge in [0.05, 0.1) is 0 Å². The Hall–Kier alpha value is -6.64. The Labute approximate surface area is 417 Å². The Morgan fingerprint density at radius 2 is 1.01 bits per heavy atom. The smallest absolute Gasteiger partial charge is 0.0496 e. The summed E-state index contributed by atoms with van der Waals surface area (Å²) in [6.07, 6.45) is 16.1. The molecule has 0 radical (unpaired) electrons. The van der Waals surface area contributed by atoms with E-state index < -0.39 is 0 Å². The fraction of sp³-hybridized carbons (Fsp3) is 0.294. The Morgan fingerprint density at radius 1 is 0.429 bits per heavy atom. The summed E-state index contributed by atoms with van der Waals surface area (Å²) in [7, 11) is 0. The molecule has 0 aromatic heterocycles. The summed E-state index contributed by atoms with van der Waals surface area (Å²) in [5.41, 5.74) is 24.0. The number of para-hydroxylation sites is 1. The molecule has 2 nitrogen and oxygen atoms in total.